The summed E-state index contributed by atoms with van der Waals surface area (Å²) in [7, 11) is 0. The third kappa shape index (κ3) is 8.23. The number of alkyl carbamates (subject to hydrolysis) is 1. The number of aryl methyl sites for hydroxylation is 1. The number of hydrogen-bond acceptors (Lipinski definition) is 7. The lowest BCUT2D eigenvalue weighted by molar-refractivity contribution is 0.0494. The van der Waals surface area contributed by atoms with E-state index >= 15 is 0 Å². The Kier molecular flexibility index (Phi) is 10.5. The summed E-state index contributed by atoms with van der Waals surface area (Å²) in [4.78, 5) is 38.6. The van der Waals surface area contributed by atoms with E-state index in [4.69, 9.17) is 19.4 Å². The molecule has 1 atom stereocenters. The Hall–Kier alpha value is -5.92. The van der Waals surface area contributed by atoms with E-state index in [0.29, 0.717) is 53.8 Å². The van der Waals surface area contributed by atoms with Gasteiger partial charge in [0.1, 0.15) is 28.5 Å². The van der Waals surface area contributed by atoms with Crippen molar-refractivity contribution >= 4 is 39.9 Å². The molecule has 14 heteroatoms. The third-order valence-corrected chi connectivity index (χ3v) is 10.0. The molecule has 7 rings (SSSR count). The van der Waals surface area contributed by atoms with E-state index in [2.05, 4.69) is 10.2 Å². The third-order valence-electron chi connectivity index (χ3n) is 10.0. The van der Waals surface area contributed by atoms with Crippen molar-refractivity contribution in [2.45, 2.75) is 91.5 Å². The maximum absolute atomic E-state index is 15.0. The van der Waals surface area contributed by atoms with Crippen LogP contribution in [-0.2, 0) is 9.47 Å². The quantitative estimate of drug-likeness (QED) is 0.167. The number of anilines is 1. The van der Waals surface area contributed by atoms with Gasteiger partial charge in [0.2, 0.25) is 0 Å². The van der Waals surface area contributed by atoms with Crippen LogP contribution in [0.5, 0.6) is 0 Å². The van der Waals surface area contributed by atoms with E-state index in [1.54, 1.807) is 53.9 Å². The van der Waals surface area contributed by atoms with Gasteiger partial charge in [-0.25, -0.2) is 41.7 Å². The van der Waals surface area contributed by atoms with Gasteiger partial charge >= 0.3 is 12.2 Å². The molecule has 58 heavy (non-hydrogen) atoms. The predicted octanol–water partition coefficient (Wildman–Crippen LogP) is 10.5. The molecule has 304 valence electrons. The molecule has 1 amide bonds. The molecule has 1 saturated heterocycles. The number of fused-ring (bicyclic) bond motifs is 2. The number of piperidine rings is 1. The number of imidazole rings is 1. The first-order valence-corrected chi connectivity index (χ1v) is 19.2. The highest BCUT2D eigenvalue weighted by atomic mass is 19.2. The number of ether oxygens (including phenoxy) is 2. The second-order valence-electron chi connectivity index (χ2n) is 16.8. The number of hydrogen-bond donors (Lipinski definition) is 1. The molecule has 4 heterocycles. The fourth-order valence-corrected chi connectivity index (χ4v) is 7.39. The number of nitrogens with zero attached hydrogens (tertiary/aromatic N) is 5. The van der Waals surface area contributed by atoms with Crippen LogP contribution in [0.1, 0.15) is 78.5 Å². The zero-order valence-corrected chi connectivity index (χ0v) is 33.7. The highest BCUT2D eigenvalue weighted by Crippen LogP contribution is 2.45. The number of aromatic nitrogens is 4. The van der Waals surface area contributed by atoms with Gasteiger partial charge in [-0.2, -0.15) is 0 Å². The van der Waals surface area contributed by atoms with E-state index in [-0.39, 0.29) is 34.5 Å². The van der Waals surface area contributed by atoms with Crippen molar-refractivity contribution in [1.29, 1.82) is 0 Å². The first kappa shape index (κ1) is 40.3. The van der Waals surface area contributed by atoms with Gasteiger partial charge in [0.05, 0.1) is 28.1 Å². The maximum Gasteiger partial charge on any atom is 0.420 e. The van der Waals surface area contributed by atoms with Crippen molar-refractivity contribution in [3.05, 3.63) is 101 Å². The number of halogens is 4. The molecule has 1 N–H and O–H groups in total. The van der Waals surface area contributed by atoms with Gasteiger partial charge in [0.15, 0.2) is 17.5 Å². The minimum Gasteiger partial charge on any atom is -0.444 e. The minimum atomic E-state index is -1.18. The lowest BCUT2D eigenvalue weighted by Crippen LogP contribution is -2.46. The van der Waals surface area contributed by atoms with Gasteiger partial charge in [0.25, 0.3) is 0 Å². The minimum absolute atomic E-state index is 0.000797. The van der Waals surface area contributed by atoms with Gasteiger partial charge in [-0.1, -0.05) is 29.8 Å². The number of pyridine rings is 1. The van der Waals surface area contributed by atoms with Crippen LogP contribution in [0.15, 0.2) is 67.0 Å². The Morgan fingerprint density at radius 3 is 2.09 bits per heavy atom. The molecule has 1 aliphatic heterocycles. The molecule has 1 unspecified atom stereocenters. The molecular formula is C44H46F4N6O4. The topological polar surface area (TPSA) is 104 Å². The molecule has 0 bridgehead atoms. The van der Waals surface area contributed by atoms with E-state index < -0.39 is 46.7 Å². The summed E-state index contributed by atoms with van der Waals surface area (Å²) in [6, 6.07) is 12.5. The van der Waals surface area contributed by atoms with Crippen LogP contribution >= 0.6 is 0 Å². The summed E-state index contributed by atoms with van der Waals surface area (Å²) in [5.41, 5.74) is 2.27. The van der Waals surface area contributed by atoms with Crippen LogP contribution in [0.4, 0.5) is 32.8 Å². The number of rotatable bonds is 6. The zero-order chi connectivity index (χ0) is 41.8. The molecule has 6 aromatic rings. The van der Waals surface area contributed by atoms with Gasteiger partial charge in [-0.15, -0.1) is 0 Å². The average Bonchev–Trinajstić information content (AvgIpc) is 3.68. The molecular weight excluding hydrogens is 753 g/mol. The number of amides is 1. The van der Waals surface area contributed by atoms with Crippen LogP contribution in [0, 0.1) is 30.2 Å². The number of carbonyl (C=O) groups is 2. The Labute approximate surface area is 333 Å². The summed E-state index contributed by atoms with van der Waals surface area (Å²) < 4.78 is 74.0. The number of benzene rings is 3. The second-order valence-corrected chi connectivity index (χ2v) is 16.8. The fraction of sp³-hybridized carbons (Fsp3) is 0.364. The number of carbonyl (C=O) groups excluding carboxylic acids is 2. The average molecular weight is 799 g/mol. The van der Waals surface area contributed by atoms with Crippen LogP contribution in [-0.4, -0.2) is 61.6 Å². The second kappa shape index (κ2) is 15.1. The van der Waals surface area contributed by atoms with Crippen LogP contribution in [0.25, 0.3) is 44.6 Å². The van der Waals surface area contributed by atoms with E-state index in [1.807, 2.05) is 42.7 Å². The lowest BCUT2D eigenvalue weighted by Gasteiger charge is -2.36. The van der Waals surface area contributed by atoms with Crippen molar-refractivity contribution in [1.82, 2.24) is 24.4 Å². The molecule has 1 fully saturated rings. The highest BCUT2D eigenvalue weighted by molar-refractivity contribution is 6.09. The molecule has 0 radical (unpaired) electrons. The summed E-state index contributed by atoms with van der Waals surface area (Å²) in [5.74, 6) is -3.89. The molecule has 3 aromatic heterocycles. The number of nitrogens with one attached hydrogen (secondary N) is 1. The van der Waals surface area contributed by atoms with E-state index in [1.165, 1.54) is 12.1 Å². The van der Waals surface area contributed by atoms with Crippen LogP contribution in [0.3, 0.4) is 0 Å². The lowest BCUT2D eigenvalue weighted by atomic mass is 9.97. The summed E-state index contributed by atoms with van der Waals surface area (Å²) in [5, 5.41) is 3.43. The van der Waals surface area contributed by atoms with Crippen molar-refractivity contribution in [3.8, 4) is 22.5 Å². The highest BCUT2D eigenvalue weighted by Gasteiger charge is 2.33. The standard InChI is InChI=1S/C44H46F4N6O4/c1-24-9-11-26(12-10-24)25(2)53-23-32(39-51-35-20-33(47)34(48)21-36(35)54(39)42(56)58-44(6,7)8)37-38(31(22-49-40(37)53)27-17-28(45)19-29(46)18-27)52-15-13-30(14-16-52)50-41(55)57-43(3,4)5/h9-12,17-23,25,30H,13-16H2,1-8H3,(H,50,55). The zero-order valence-electron chi connectivity index (χ0n) is 33.7. The Bertz CT molecular complexity index is 2520. The molecule has 10 nitrogen and oxygen atoms in total. The Morgan fingerprint density at radius 1 is 0.845 bits per heavy atom. The summed E-state index contributed by atoms with van der Waals surface area (Å²) in [6.45, 7) is 15.2. The van der Waals surface area contributed by atoms with E-state index in [9.17, 15) is 27.2 Å². The maximum atomic E-state index is 15.0. The summed E-state index contributed by atoms with van der Waals surface area (Å²) in [6.07, 6.45) is 2.92. The predicted molar refractivity (Wildman–Crippen MR) is 215 cm³/mol. The Morgan fingerprint density at radius 2 is 1.47 bits per heavy atom. The van der Waals surface area contributed by atoms with Gasteiger partial charge in [-0.3, -0.25) is 0 Å². The van der Waals surface area contributed by atoms with Crippen molar-refractivity contribution in [2.75, 3.05) is 18.0 Å². The van der Waals surface area contributed by atoms with Crippen molar-refractivity contribution in [3.63, 3.8) is 0 Å². The first-order valence-electron chi connectivity index (χ1n) is 19.2. The Balaban J connectivity index is 1.51. The van der Waals surface area contributed by atoms with E-state index in [0.717, 1.165) is 33.9 Å². The van der Waals surface area contributed by atoms with Gasteiger partial charge in [-0.05, 0) is 91.5 Å². The normalized spacial score (nSPS) is 14.6. The first-order chi connectivity index (χ1) is 27.3. The van der Waals surface area contributed by atoms with Crippen molar-refractivity contribution < 1.29 is 36.6 Å². The molecule has 3 aromatic carbocycles. The van der Waals surface area contributed by atoms with Crippen LogP contribution in [0.2, 0.25) is 0 Å². The van der Waals surface area contributed by atoms with Crippen molar-refractivity contribution in [2.24, 2.45) is 0 Å². The van der Waals surface area contributed by atoms with Gasteiger partial charge in [0, 0.05) is 60.9 Å². The summed E-state index contributed by atoms with van der Waals surface area (Å²) >= 11 is 0. The van der Waals surface area contributed by atoms with Crippen LogP contribution < -0.4 is 10.2 Å². The monoisotopic (exact) mass is 798 g/mol. The molecule has 0 aliphatic carbocycles. The molecule has 1 aliphatic rings. The van der Waals surface area contributed by atoms with Gasteiger partial charge < -0.3 is 24.3 Å². The SMILES string of the molecule is Cc1ccc(C(C)n2cc(-c3nc4cc(F)c(F)cc4n3C(=O)OC(C)(C)C)c3c(N4CCC(NC(=O)OC(C)(C)C)CC4)c(-c4cc(F)cc(F)c4)cnc32)cc1. The molecule has 0 spiro atoms. The largest absolute Gasteiger partial charge is 0.444 e. The molecule has 0 saturated carbocycles. The fourth-order valence-electron chi connectivity index (χ4n) is 7.39. The smallest absolute Gasteiger partial charge is 0.420 e.